The molecule has 3 heterocycles. The summed E-state index contributed by atoms with van der Waals surface area (Å²) in [5.41, 5.74) is -0.135. The molecule has 120 valence electrons. The van der Waals surface area contributed by atoms with Gasteiger partial charge in [-0.05, 0) is 45.0 Å². The number of carbonyl (C=O) groups is 1. The lowest BCUT2D eigenvalue weighted by Crippen LogP contribution is -2.38. The standard InChI is InChI=1S/C16H18N4O3/c1-10-4-6-13(23-10)16(3,22)9-17-15(21)12-5-7-14-19-18-11(2)20(14)8-12/h4-8,22H,9H2,1-3H3,(H,17,21). The van der Waals surface area contributed by atoms with E-state index in [0.29, 0.717) is 28.6 Å². The molecule has 0 aromatic carbocycles. The number of furan rings is 1. The summed E-state index contributed by atoms with van der Waals surface area (Å²) in [6, 6.07) is 6.87. The molecule has 0 spiro atoms. The van der Waals surface area contributed by atoms with E-state index in [-0.39, 0.29) is 12.5 Å². The van der Waals surface area contributed by atoms with Crippen molar-refractivity contribution in [2.24, 2.45) is 0 Å². The average molecular weight is 314 g/mol. The minimum Gasteiger partial charge on any atom is -0.463 e. The Balaban J connectivity index is 1.74. The van der Waals surface area contributed by atoms with Crippen LogP contribution >= 0.6 is 0 Å². The number of nitrogens with zero attached hydrogens (tertiary/aromatic N) is 3. The van der Waals surface area contributed by atoms with Crippen molar-refractivity contribution in [1.82, 2.24) is 19.9 Å². The Labute approximate surface area is 133 Å². The zero-order valence-corrected chi connectivity index (χ0v) is 13.2. The highest BCUT2D eigenvalue weighted by Gasteiger charge is 2.27. The summed E-state index contributed by atoms with van der Waals surface area (Å²) < 4.78 is 7.17. The number of pyridine rings is 1. The fourth-order valence-electron chi connectivity index (χ4n) is 2.31. The predicted molar refractivity (Wildman–Crippen MR) is 83.1 cm³/mol. The largest absolute Gasteiger partial charge is 0.463 e. The molecule has 2 N–H and O–H groups in total. The number of aryl methyl sites for hydroxylation is 2. The van der Waals surface area contributed by atoms with Gasteiger partial charge in [0, 0.05) is 6.20 Å². The van der Waals surface area contributed by atoms with Crippen molar-refractivity contribution in [3.8, 4) is 0 Å². The van der Waals surface area contributed by atoms with Crippen LogP contribution in [0.3, 0.4) is 0 Å². The molecule has 23 heavy (non-hydrogen) atoms. The third-order valence-electron chi connectivity index (χ3n) is 3.70. The number of rotatable bonds is 4. The van der Waals surface area contributed by atoms with Crippen molar-refractivity contribution < 1.29 is 14.3 Å². The van der Waals surface area contributed by atoms with E-state index in [0.717, 1.165) is 0 Å². The Kier molecular flexibility index (Phi) is 3.65. The number of hydrogen-bond acceptors (Lipinski definition) is 5. The molecule has 0 radical (unpaired) electrons. The summed E-state index contributed by atoms with van der Waals surface area (Å²) in [7, 11) is 0. The highest BCUT2D eigenvalue weighted by molar-refractivity contribution is 5.94. The quantitative estimate of drug-likeness (QED) is 0.762. The van der Waals surface area contributed by atoms with Crippen molar-refractivity contribution in [3.63, 3.8) is 0 Å². The smallest absolute Gasteiger partial charge is 0.252 e. The van der Waals surface area contributed by atoms with Crippen LogP contribution < -0.4 is 5.32 Å². The lowest BCUT2D eigenvalue weighted by Gasteiger charge is -2.21. The number of fused-ring (bicyclic) bond motifs is 1. The number of hydrogen-bond donors (Lipinski definition) is 2. The van der Waals surface area contributed by atoms with Crippen molar-refractivity contribution in [2.45, 2.75) is 26.4 Å². The molecule has 3 rings (SSSR count). The molecular formula is C16H18N4O3. The van der Waals surface area contributed by atoms with E-state index in [1.54, 1.807) is 48.7 Å². The van der Waals surface area contributed by atoms with E-state index in [1.807, 2.05) is 6.92 Å². The van der Waals surface area contributed by atoms with Gasteiger partial charge < -0.3 is 14.8 Å². The fourth-order valence-corrected chi connectivity index (χ4v) is 2.31. The maximum Gasteiger partial charge on any atom is 0.252 e. The van der Waals surface area contributed by atoms with Crippen LogP contribution in [-0.4, -0.2) is 32.2 Å². The molecule has 0 aliphatic carbocycles. The van der Waals surface area contributed by atoms with E-state index < -0.39 is 5.60 Å². The summed E-state index contributed by atoms with van der Waals surface area (Å²) in [5, 5.41) is 21.1. The minimum absolute atomic E-state index is 0.0397. The molecule has 1 amide bonds. The van der Waals surface area contributed by atoms with Crippen LogP contribution in [0, 0.1) is 13.8 Å². The third-order valence-corrected chi connectivity index (χ3v) is 3.70. The molecule has 3 aromatic heterocycles. The van der Waals surface area contributed by atoms with Crippen molar-refractivity contribution in [2.75, 3.05) is 6.54 Å². The molecule has 0 fully saturated rings. The Morgan fingerprint density at radius 3 is 2.78 bits per heavy atom. The van der Waals surface area contributed by atoms with E-state index in [2.05, 4.69) is 15.5 Å². The van der Waals surface area contributed by atoms with Gasteiger partial charge in [-0.25, -0.2) is 0 Å². The van der Waals surface area contributed by atoms with Crippen LogP contribution in [0.25, 0.3) is 5.65 Å². The molecule has 0 bridgehead atoms. The number of aliphatic hydroxyl groups is 1. The molecule has 7 heteroatoms. The Hall–Kier alpha value is -2.67. The van der Waals surface area contributed by atoms with Crippen molar-refractivity contribution in [1.29, 1.82) is 0 Å². The summed E-state index contributed by atoms with van der Waals surface area (Å²) in [6.45, 7) is 5.25. The number of nitrogens with one attached hydrogen (secondary N) is 1. The van der Waals surface area contributed by atoms with Crippen LogP contribution in [0.15, 0.2) is 34.9 Å². The molecule has 0 saturated carbocycles. The Bertz CT molecular complexity index is 863. The minimum atomic E-state index is -1.28. The van der Waals surface area contributed by atoms with Gasteiger partial charge in [0.1, 0.15) is 22.9 Å². The van der Waals surface area contributed by atoms with Gasteiger partial charge in [-0.1, -0.05) is 0 Å². The van der Waals surface area contributed by atoms with Gasteiger partial charge in [0.05, 0.1) is 12.1 Å². The molecule has 0 aliphatic heterocycles. The second kappa shape index (κ2) is 5.51. The molecule has 1 unspecified atom stereocenters. The fraction of sp³-hybridized carbons (Fsp3) is 0.312. The second-order valence-corrected chi connectivity index (χ2v) is 5.76. The zero-order valence-electron chi connectivity index (χ0n) is 13.2. The van der Waals surface area contributed by atoms with Crippen LogP contribution in [0.1, 0.15) is 34.6 Å². The lowest BCUT2D eigenvalue weighted by molar-refractivity contribution is 0.0323. The highest BCUT2D eigenvalue weighted by atomic mass is 16.4. The number of aromatic nitrogens is 3. The maximum absolute atomic E-state index is 12.3. The van der Waals surface area contributed by atoms with Crippen molar-refractivity contribution >= 4 is 11.6 Å². The summed E-state index contributed by atoms with van der Waals surface area (Å²) in [6.07, 6.45) is 1.67. The molecular weight excluding hydrogens is 296 g/mol. The average Bonchev–Trinajstić information content (AvgIpc) is 3.12. The van der Waals surface area contributed by atoms with Crippen LogP contribution in [-0.2, 0) is 5.60 Å². The van der Waals surface area contributed by atoms with Gasteiger partial charge >= 0.3 is 0 Å². The van der Waals surface area contributed by atoms with E-state index >= 15 is 0 Å². The Morgan fingerprint density at radius 2 is 2.09 bits per heavy atom. The Morgan fingerprint density at radius 1 is 1.30 bits per heavy atom. The summed E-state index contributed by atoms with van der Waals surface area (Å²) in [4.78, 5) is 12.3. The molecule has 7 nitrogen and oxygen atoms in total. The van der Waals surface area contributed by atoms with Crippen LogP contribution in [0.5, 0.6) is 0 Å². The summed E-state index contributed by atoms with van der Waals surface area (Å²) >= 11 is 0. The van der Waals surface area contributed by atoms with Crippen molar-refractivity contribution in [3.05, 3.63) is 53.4 Å². The van der Waals surface area contributed by atoms with Gasteiger partial charge in [0.2, 0.25) is 0 Å². The monoisotopic (exact) mass is 314 g/mol. The molecule has 0 aliphatic rings. The molecule has 1 atom stereocenters. The first kappa shape index (κ1) is 15.2. The number of carbonyl (C=O) groups excluding carboxylic acids is 1. The van der Waals surface area contributed by atoms with Crippen LogP contribution in [0.2, 0.25) is 0 Å². The van der Waals surface area contributed by atoms with Gasteiger partial charge in [-0.3, -0.25) is 9.20 Å². The first-order valence-corrected chi connectivity index (χ1v) is 7.26. The SMILES string of the molecule is Cc1ccc(C(C)(O)CNC(=O)c2ccc3nnc(C)n3c2)o1. The van der Waals surface area contributed by atoms with Gasteiger partial charge in [0.15, 0.2) is 5.65 Å². The highest BCUT2D eigenvalue weighted by Crippen LogP contribution is 2.22. The first-order chi connectivity index (χ1) is 10.9. The normalized spacial score (nSPS) is 13.9. The molecule has 0 saturated heterocycles. The van der Waals surface area contributed by atoms with E-state index in [9.17, 15) is 9.90 Å². The van der Waals surface area contributed by atoms with E-state index in [1.165, 1.54) is 0 Å². The van der Waals surface area contributed by atoms with Gasteiger partial charge in [0.25, 0.3) is 5.91 Å². The molecule has 3 aromatic rings. The van der Waals surface area contributed by atoms with Gasteiger partial charge in [-0.2, -0.15) is 0 Å². The van der Waals surface area contributed by atoms with E-state index in [4.69, 9.17) is 4.42 Å². The first-order valence-electron chi connectivity index (χ1n) is 7.26. The van der Waals surface area contributed by atoms with Crippen LogP contribution in [0.4, 0.5) is 0 Å². The topological polar surface area (TPSA) is 92.7 Å². The predicted octanol–water partition coefficient (Wildman–Crippen LogP) is 1.58. The number of amides is 1. The van der Waals surface area contributed by atoms with Gasteiger partial charge in [-0.15, -0.1) is 10.2 Å². The lowest BCUT2D eigenvalue weighted by atomic mass is 10.0. The zero-order chi connectivity index (χ0) is 16.6. The maximum atomic E-state index is 12.3. The summed E-state index contributed by atoms with van der Waals surface area (Å²) in [5.74, 6) is 1.54. The second-order valence-electron chi connectivity index (χ2n) is 5.76. The third kappa shape index (κ3) is 2.95.